The summed E-state index contributed by atoms with van der Waals surface area (Å²) in [6, 6.07) is 1.90. The Bertz CT molecular complexity index is 294. The molecule has 3 heteroatoms. The lowest BCUT2D eigenvalue weighted by Gasteiger charge is -2.09. The first kappa shape index (κ1) is 7.67. The van der Waals surface area contributed by atoms with E-state index >= 15 is 0 Å². The number of carbonyl (C=O) groups is 1. The number of carbonyl (C=O) groups excluding carboxylic acids is 1. The molecule has 0 fully saturated rings. The molecule has 0 radical (unpaired) electrons. The van der Waals surface area contributed by atoms with Gasteiger partial charge in [0, 0.05) is 17.5 Å². The third kappa shape index (κ3) is 1.35. The Morgan fingerprint density at radius 2 is 2.27 bits per heavy atom. The maximum absolute atomic E-state index is 11.1. The first-order valence-corrected chi connectivity index (χ1v) is 3.32. The van der Waals surface area contributed by atoms with Crippen LogP contribution in [0.1, 0.15) is 13.8 Å². The maximum Gasteiger partial charge on any atom is 0.180 e. The largest absolute Gasteiger partial charge is 0.293 e. The number of rotatable bonds is 0. The third-order valence-corrected chi connectivity index (χ3v) is 1.54. The number of hydrogen-bond acceptors (Lipinski definition) is 3. The standard InChI is InChI=1S/C8H8N2O/c1-5-3-8(11)7(4-9)6(2)10-5/h3,7H,1-2H3. The smallest absolute Gasteiger partial charge is 0.180 e. The van der Waals surface area contributed by atoms with Crippen LogP contribution in [0.2, 0.25) is 0 Å². The van der Waals surface area contributed by atoms with Gasteiger partial charge in [0.15, 0.2) is 5.78 Å². The normalized spacial score (nSPS) is 23.7. The van der Waals surface area contributed by atoms with Gasteiger partial charge in [0.25, 0.3) is 0 Å². The third-order valence-electron chi connectivity index (χ3n) is 1.54. The molecular formula is C8H8N2O. The molecule has 1 aliphatic rings. The summed E-state index contributed by atoms with van der Waals surface area (Å²) in [6.07, 6.45) is 1.40. The van der Waals surface area contributed by atoms with Crippen molar-refractivity contribution >= 4 is 11.5 Å². The molecule has 0 saturated heterocycles. The Balaban J connectivity index is 3.03. The number of allylic oxidation sites excluding steroid dienone is 2. The van der Waals surface area contributed by atoms with Crippen LogP contribution in [0.4, 0.5) is 0 Å². The zero-order chi connectivity index (χ0) is 8.43. The SMILES string of the molecule is CC1=CC(=O)C(C#N)C(C)=N1. The quantitative estimate of drug-likeness (QED) is 0.516. The van der Waals surface area contributed by atoms with Crippen molar-refractivity contribution < 1.29 is 4.79 Å². The fourth-order valence-electron chi connectivity index (χ4n) is 1.03. The van der Waals surface area contributed by atoms with Crippen molar-refractivity contribution in [3.8, 4) is 6.07 Å². The van der Waals surface area contributed by atoms with E-state index in [2.05, 4.69) is 4.99 Å². The summed E-state index contributed by atoms with van der Waals surface area (Å²) in [6.45, 7) is 3.44. The molecular weight excluding hydrogens is 140 g/mol. The van der Waals surface area contributed by atoms with E-state index in [0.717, 1.165) is 0 Å². The van der Waals surface area contributed by atoms with Gasteiger partial charge in [-0.05, 0) is 13.8 Å². The molecule has 1 heterocycles. The van der Waals surface area contributed by atoms with Crippen LogP contribution in [0.3, 0.4) is 0 Å². The van der Waals surface area contributed by atoms with E-state index in [-0.39, 0.29) is 5.78 Å². The Morgan fingerprint density at radius 1 is 1.64 bits per heavy atom. The molecule has 0 saturated carbocycles. The molecule has 0 bridgehead atoms. The molecule has 0 aliphatic carbocycles. The number of hydrogen-bond donors (Lipinski definition) is 0. The van der Waals surface area contributed by atoms with E-state index in [4.69, 9.17) is 5.26 Å². The molecule has 0 aromatic carbocycles. The molecule has 0 spiro atoms. The lowest BCUT2D eigenvalue weighted by atomic mass is 9.98. The number of aliphatic imine (C=N–C) groups is 1. The minimum atomic E-state index is -0.654. The highest BCUT2D eigenvalue weighted by molar-refractivity contribution is 6.13. The maximum atomic E-state index is 11.1. The molecule has 0 aromatic rings. The van der Waals surface area contributed by atoms with Gasteiger partial charge in [-0.15, -0.1) is 0 Å². The first-order valence-electron chi connectivity index (χ1n) is 3.32. The summed E-state index contributed by atoms with van der Waals surface area (Å²) in [5, 5.41) is 8.54. The summed E-state index contributed by atoms with van der Waals surface area (Å²) in [5.41, 5.74) is 1.27. The van der Waals surface area contributed by atoms with Crippen molar-refractivity contribution in [2.75, 3.05) is 0 Å². The average molecular weight is 148 g/mol. The Morgan fingerprint density at radius 3 is 2.73 bits per heavy atom. The topological polar surface area (TPSA) is 53.2 Å². The number of nitrogens with zero attached hydrogens (tertiary/aromatic N) is 2. The first-order chi connectivity index (χ1) is 5.15. The van der Waals surface area contributed by atoms with Gasteiger partial charge >= 0.3 is 0 Å². The van der Waals surface area contributed by atoms with Crippen LogP contribution in [-0.2, 0) is 4.79 Å². The monoisotopic (exact) mass is 148 g/mol. The van der Waals surface area contributed by atoms with E-state index in [0.29, 0.717) is 11.4 Å². The summed E-state index contributed by atoms with van der Waals surface area (Å²) in [5.74, 6) is -0.809. The predicted molar refractivity (Wildman–Crippen MR) is 41.0 cm³/mol. The molecule has 0 N–H and O–H groups in total. The van der Waals surface area contributed by atoms with Gasteiger partial charge in [-0.1, -0.05) is 0 Å². The minimum absolute atomic E-state index is 0.155. The average Bonchev–Trinajstić information content (AvgIpc) is 1.85. The summed E-state index contributed by atoms with van der Waals surface area (Å²) < 4.78 is 0. The Kier molecular flexibility index (Phi) is 1.86. The van der Waals surface area contributed by atoms with Gasteiger partial charge in [0.05, 0.1) is 6.07 Å². The van der Waals surface area contributed by atoms with Gasteiger partial charge in [-0.25, -0.2) is 0 Å². The van der Waals surface area contributed by atoms with Crippen LogP contribution >= 0.6 is 0 Å². The van der Waals surface area contributed by atoms with E-state index in [1.165, 1.54) is 6.08 Å². The van der Waals surface area contributed by atoms with Crippen LogP contribution in [0.25, 0.3) is 0 Å². The highest BCUT2D eigenvalue weighted by atomic mass is 16.1. The van der Waals surface area contributed by atoms with Crippen molar-refractivity contribution in [3.63, 3.8) is 0 Å². The number of ketones is 1. The van der Waals surface area contributed by atoms with Crippen molar-refractivity contribution in [3.05, 3.63) is 11.8 Å². The second-order valence-electron chi connectivity index (χ2n) is 2.50. The van der Waals surface area contributed by atoms with Crippen molar-refractivity contribution in [1.29, 1.82) is 5.26 Å². The van der Waals surface area contributed by atoms with Gasteiger partial charge in [-0.2, -0.15) is 5.26 Å². The molecule has 56 valence electrons. The molecule has 1 rings (SSSR count). The molecule has 1 atom stereocenters. The highest BCUT2D eigenvalue weighted by Gasteiger charge is 2.22. The summed E-state index contributed by atoms with van der Waals surface area (Å²) in [4.78, 5) is 15.1. The van der Waals surface area contributed by atoms with Gasteiger partial charge in [0.1, 0.15) is 5.92 Å². The van der Waals surface area contributed by atoms with E-state index in [1.807, 2.05) is 6.07 Å². The number of nitriles is 1. The second kappa shape index (κ2) is 2.67. The van der Waals surface area contributed by atoms with Crippen molar-refractivity contribution in [1.82, 2.24) is 0 Å². The zero-order valence-corrected chi connectivity index (χ0v) is 6.46. The molecule has 0 amide bonds. The van der Waals surface area contributed by atoms with Crippen LogP contribution < -0.4 is 0 Å². The van der Waals surface area contributed by atoms with Gasteiger partial charge in [-0.3, -0.25) is 9.79 Å². The van der Waals surface area contributed by atoms with E-state index in [1.54, 1.807) is 13.8 Å². The van der Waals surface area contributed by atoms with Gasteiger partial charge < -0.3 is 0 Å². The highest BCUT2D eigenvalue weighted by Crippen LogP contribution is 2.12. The van der Waals surface area contributed by atoms with Gasteiger partial charge in [0.2, 0.25) is 0 Å². The fraction of sp³-hybridized carbons (Fsp3) is 0.375. The lowest BCUT2D eigenvalue weighted by molar-refractivity contribution is -0.115. The lowest BCUT2D eigenvalue weighted by Crippen LogP contribution is -2.21. The minimum Gasteiger partial charge on any atom is -0.293 e. The van der Waals surface area contributed by atoms with Crippen molar-refractivity contribution in [2.24, 2.45) is 10.9 Å². The summed E-state index contributed by atoms with van der Waals surface area (Å²) >= 11 is 0. The van der Waals surface area contributed by atoms with E-state index < -0.39 is 5.92 Å². The molecule has 11 heavy (non-hydrogen) atoms. The Hall–Kier alpha value is -1.43. The van der Waals surface area contributed by atoms with Crippen LogP contribution in [0.5, 0.6) is 0 Å². The predicted octanol–water partition coefficient (Wildman–Crippen LogP) is 1.07. The fourth-order valence-corrected chi connectivity index (χ4v) is 1.03. The van der Waals surface area contributed by atoms with Crippen LogP contribution in [-0.4, -0.2) is 11.5 Å². The molecule has 0 aromatic heterocycles. The molecule has 1 unspecified atom stereocenters. The van der Waals surface area contributed by atoms with Crippen molar-refractivity contribution in [2.45, 2.75) is 13.8 Å². The molecule has 3 nitrogen and oxygen atoms in total. The molecule has 1 aliphatic heterocycles. The summed E-state index contributed by atoms with van der Waals surface area (Å²) in [7, 11) is 0. The van der Waals surface area contributed by atoms with E-state index in [9.17, 15) is 4.79 Å². The zero-order valence-electron chi connectivity index (χ0n) is 6.46. The van der Waals surface area contributed by atoms with Crippen LogP contribution in [0, 0.1) is 17.2 Å². The Labute approximate surface area is 65.0 Å². The second-order valence-corrected chi connectivity index (χ2v) is 2.50. The van der Waals surface area contributed by atoms with Crippen LogP contribution in [0.15, 0.2) is 16.8 Å².